The number of nitrogens with one attached hydrogen (secondary N) is 2. The first-order valence-corrected chi connectivity index (χ1v) is 4.97. The first kappa shape index (κ1) is 10.3. The lowest BCUT2D eigenvalue weighted by atomic mass is 10.1. The van der Waals surface area contributed by atoms with E-state index in [9.17, 15) is 14.9 Å². The molecule has 0 saturated heterocycles. The van der Waals surface area contributed by atoms with Crippen LogP contribution in [0.4, 0.5) is 5.69 Å². The standard InChI is InChI=1S/C10H6N4O4/c15-10-13-12-9(18-10)6-4-11-8-5(6)2-1-3-7(8)14(16)17/h1-4,11H,(H,13,15). The number of fused-ring (bicyclic) bond motifs is 1. The average Bonchev–Trinajstić information content (AvgIpc) is 2.93. The summed E-state index contributed by atoms with van der Waals surface area (Å²) >= 11 is 0. The van der Waals surface area contributed by atoms with E-state index in [1.54, 1.807) is 12.1 Å². The molecule has 0 aliphatic heterocycles. The van der Waals surface area contributed by atoms with Crippen molar-refractivity contribution in [1.29, 1.82) is 0 Å². The number of H-pyrrole nitrogens is 2. The van der Waals surface area contributed by atoms with Crippen LogP contribution in [0.15, 0.2) is 33.6 Å². The average molecular weight is 246 g/mol. The zero-order valence-corrected chi connectivity index (χ0v) is 8.84. The maximum absolute atomic E-state index is 10.9. The summed E-state index contributed by atoms with van der Waals surface area (Å²) in [5.41, 5.74) is 0.812. The highest BCUT2D eigenvalue weighted by Crippen LogP contribution is 2.31. The summed E-state index contributed by atoms with van der Waals surface area (Å²) in [4.78, 5) is 24.1. The second-order valence-corrected chi connectivity index (χ2v) is 3.58. The van der Waals surface area contributed by atoms with Gasteiger partial charge in [-0.2, -0.15) is 0 Å². The third-order valence-electron chi connectivity index (χ3n) is 2.56. The Kier molecular flexibility index (Phi) is 2.03. The molecule has 3 aromatic rings. The number of nitro benzene ring substituents is 1. The third kappa shape index (κ3) is 1.39. The summed E-state index contributed by atoms with van der Waals surface area (Å²) in [7, 11) is 0. The predicted octanol–water partition coefficient (Wildman–Crippen LogP) is 1.42. The lowest BCUT2D eigenvalue weighted by molar-refractivity contribution is -0.383. The molecular formula is C10H6N4O4. The molecule has 0 amide bonds. The van der Waals surface area contributed by atoms with Gasteiger partial charge in [0.15, 0.2) is 0 Å². The normalized spacial score (nSPS) is 10.9. The van der Waals surface area contributed by atoms with E-state index in [4.69, 9.17) is 4.42 Å². The van der Waals surface area contributed by atoms with E-state index >= 15 is 0 Å². The first-order valence-electron chi connectivity index (χ1n) is 4.97. The molecule has 0 bridgehead atoms. The summed E-state index contributed by atoms with van der Waals surface area (Å²) in [6, 6.07) is 4.63. The SMILES string of the molecule is O=c1[nH]nc(-c2c[nH]c3c([N+](=O)[O-])cccc23)o1. The number of para-hydroxylation sites is 1. The van der Waals surface area contributed by atoms with Gasteiger partial charge in [0.1, 0.15) is 5.52 Å². The molecule has 0 spiro atoms. The van der Waals surface area contributed by atoms with E-state index in [1.165, 1.54) is 12.3 Å². The molecular weight excluding hydrogens is 240 g/mol. The van der Waals surface area contributed by atoms with Crippen LogP contribution in [-0.4, -0.2) is 20.1 Å². The van der Waals surface area contributed by atoms with Gasteiger partial charge in [0, 0.05) is 17.6 Å². The van der Waals surface area contributed by atoms with Crippen LogP contribution in [0.1, 0.15) is 0 Å². The van der Waals surface area contributed by atoms with Gasteiger partial charge < -0.3 is 9.40 Å². The Morgan fingerprint density at radius 3 is 2.89 bits per heavy atom. The summed E-state index contributed by atoms with van der Waals surface area (Å²) < 4.78 is 4.82. The lowest BCUT2D eigenvalue weighted by Gasteiger charge is -1.94. The van der Waals surface area contributed by atoms with E-state index < -0.39 is 10.7 Å². The van der Waals surface area contributed by atoms with Gasteiger partial charge in [0.25, 0.3) is 11.6 Å². The summed E-state index contributed by atoms with van der Waals surface area (Å²) in [5, 5.41) is 17.3. The molecule has 0 radical (unpaired) electrons. The molecule has 1 aromatic carbocycles. The first-order chi connectivity index (χ1) is 8.66. The van der Waals surface area contributed by atoms with Crippen LogP contribution in [0.5, 0.6) is 0 Å². The van der Waals surface area contributed by atoms with Crippen LogP contribution in [0.25, 0.3) is 22.4 Å². The largest absolute Gasteiger partial charge is 0.434 e. The molecule has 0 saturated carbocycles. The van der Waals surface area contributed by atoms with Crippen LogP contribution < -0.4 is 5.76 Å². The van der Waals surface area contributed by atoms with Crippen LogP contribution in [0.3, 0.4) is 0 Å². The number of benzene rings is 1. The molecule has 3 rings (SSSR count). The van der Waals surface area contributed by atoms with Crippen molar-refractivity contribution in [2.45, 2.75) is 0 Å². The highest BCUT2D eigenvalue weighted by Gasteiger charge is 2.18. The van der Waals surface area contributed by atoms with Gasteiger partial charge in [0.05, 0.1) is 10.5 Å². The molecule has 18 heavy (non-hydrogen) atoms. The number of nitrogens with zero attached hydrogens (tertiary/aromatic N) is 2. The molecule has 8 nitrogen and oxygen atoms in total. The molecule has 2 aromatic heterocycles. The lowest BCUT2D eigenvalue weighted by Crippen LogP contribution is -1.93. The van der Waals surface area contributed by atoms with Crippen LogP contribution in [0.2, 0.25) is 0 Å². The Balaban J connectivity index is 2.30. The molecule has 8 heteroatoms. The van der Waals surface area contributed by atoms with Gasteiger partial charge in [0.2, 0.25) is 0 Å². The number of hydrogen-bond acceptors (Lipinski definition) is 5. The second kappa shape index (κ2) is 3.55. The van der Waals surface area contributed by atoms with Gasteiger partial charge in [-0.1, -0.05) is 12.1 Å². The van der Waals surface area contributed by atoms with Crippen LogP contribution >= 0.6 is 0 Å². The zero-order chi connectivity index (χ0) is 12.7. The van der Waals surface area contributed by atoms with Crippen LogP contribution in [0, 0.1) is 10.1 Å². The molecule has 0 aliphatic carbocycles. The van der Waals surface area contributed by atoms with Crippen molar-refractivity contribution in [3.05, 3.63) is 45.1 Å². The van der Waals surface area contributed by atoms with Gasteiger partial charge in [-0.3, -0.25) is 10.1 Å². The molecule has 0 atom stereocenters. The molecule has 90 valence electrons. The second-order valence-electron chi connectivity index (χ2n) is 3.58. The van der Waals surface area contributed by atoms with E-state index in [1.807, 2.05) is 0 Å². The van der Waals surface area contributed by atoms with E-state index in [-0.39, 0.29) is 11.6 Å². The molecule has 2 heterocycles. The number of rotatable bonds is 2. The molecule has 0 fully saturated rings. The minimum Gasteiger partial charge on any atom is -0.388 e. The van der Waals surface area contributed by atoms with Crippen molar-refractivity contribution >= 4 is 16.6 Å². The topological polar surface area (TPSA) is 118 Å². The van der Waals surface area contributed by atoms with Gasteiger partial charge in [-0.15, -0.1) is 5.10 Å². The number of hydrogen-bond donors (Lipinski definition) is 2. The minimum atomic E-state index is -0.676. The van der Waals surface area contributed by atoms with Crippen molar-refractivity contribution in [3.63, 3.8) is 0 Å². The summed E-state index contributed by atoms with van der Waals surface area (Å²) in [5.74, 6) is -0.587. The van der Waals surface area contributed by atoms with Crippen molar-refractivity contribution < 1.29 is 9.34 Å². The third-order valence-corrected chi connectivity index (χ3v) is 2.56. The molecule has 0 unspecified atom stereocenters. The Labute approximate surface area is 98.4 Å². The van der Waals surface area contributed by atoms with Crippen molar-refractivity contribution in [1.82, 2.24) is 15.2 Å². The van der Waals surface area contributed by atoms with Crippen LogP contribution in [-0.2, 0) is 0 Å². The highest BCUT2D eigenvalue weighted by molar-refractivity contribution is 5.98. The smallest absolute Gasteiger partial charge is 0.388 e. The molecule has 0 aliphatic rings. The van der Waals surface area contributed by atoms with Crippen molar-refractivity contribution in [2.24, 2.45) is 0 Å². The summed E-state index contributed by atoms with van der Waals surface area (Å²) in [6.45, 7) is 0. The van der Waals surface area contributed by atoms with Crippen molar-refractivity contribution in [3.8, 4) is 11.5 Å². The van der Waals surface area contributed by atoms with E-state index in [0.29, 0.717) is 16.5 Å². The Hall–Kier alpha value is -2.90. The monoisotopic (exact) mass is 246 g/mol. The zero-order valence-electron chi connectivity index (χ0n) is 8.84. The number of non-ortho nitro benzene ring substituents is 1. The maximum Gasteiger partial charge on any atom is 0.434 e. The molecule has 2 N–H and O–H groups in total. The Morgan fingerprint density at radius 1 is 1.39 bits per heavy atom. The fourth-order valence-electron chi connectivity index (χ4n) is 1.81. The van der Waals surface area contributed by atoms with Gasteiger partial charge in [-0.05, 0) is 0 Å². The number of aromatic amines is 2. The quantitative estimate of drug-likeness (QED) is 0.523. The van der Waals surface area contributed by atoms with E-state index in [0.717, 1.165) is 0 Å². The fourth-order valence-corrected chi connectivity index (χ4v) is 1.81. The minimum absolute atomic E-state index is 0.0448. The summed E-state index contributed by atoms with van der Waals surface area (Å²) in [6.07, 6.45) is 1.51. The van der Waals surface area contributed by atoms with Gasteiger partial charge in [-0.25, -0.2) is 9.89 Å². The Morgan fingerprint density at radius 2 is 2.22 bits per heavy atom. The predicted molar refractivity (Wildman–Crippen MR) is 61.1 cm³/mol. The number of nitro groups is 1. The highest BCUT2D eigenvalue weighted by atomic mass is 16.6. The Bertz CT molecular complexity index is 797. The van der Waals surface area contributed by atoms with E-state index in [2.05, 4.69) is 15.2 Å². The van der Waals surface area contributed by atoms with Crippen molar-refractivity contribution in [2.75, 3.05) is 0 Å². The maximum atomic E-state index is 10.9. The number of aromatic nitrogens is 3. The van der Waals surface area contributed by atoms with Gasteiger partial charge >= 0.3 is 5.76 Å². The fraction of sp³-hybridized carbons (Fsp3) is 0.